The third kappa shape index (κ3) is 2.39. The van der Waals surface area contributed by atoms with Gasteiger partial charge in [0.1, 0.15) is 23.0 Å². The van der Waals surface area contributed by atoms with Crippen molar-refractivity contribution >= 4 is 28.1 Å². The van der Waals surface area contributed by atoms with Crippen LogP contribution in [0.5, 0.6) is 0 Å². The van der Waals surface area contributed by atoms with E-state index >= 15 is 0 Å². The first-order valence-electron chi connectivity index (χ1n) is 4.54. The van der Waals surface area contributed by atoms with Crippen LogP contribution in [0.1, 0.15) is 10.5 Å². The van der Waals surface area contributed by atoms with Gasteiger partial charge in [-0.15, -0.1) is 11.3 Å². The molecule has 2 aromatic rings. The number of anilines is 2. The number of carbonyl (C=O) groups excluding carboxylic acids is 1. The Balaban J connectivity index is 2.24. The first-order valence-corrected chi connectivity index (χ1v) is 5.42. The van der Waals surface area contributed by atoms with Gasteiger partial charge in [0, 0.05) is 5.38 Å². The Bertz CT molecular complexity index is 550. The van der Waals surface area contributed by atoms with Crippen molar-refractivity contribution in [3.63, 3.8) is 0 Å². The molecule has 0 aliphatic rings. The van der Waals surface area contributed by atoms with E-state index in [4.69, 9.17) is 5.73 Å². The van der Waals surface area contributed by atoms with Crippen LogP contribution in [-0.2, 0) is 0 Å². The van der Waals surface area contributed by atoms with E-state index in [2.05, 4.69) is 10.3 Å². The SMILES string of the molecule is Nc1nc(C(=O)Nc2c(F)cccc2F)cs1. The number of nitrogens with one attached hydrogen (secondary N) is 1. The van der Waals surface area contributed by atoms with Gasteiger partial charge >= 0.3 is 0 Å². The number of nitrogens with two attached hydrogens (primary N) is 1. The van der Waals surface area contributed by atoms with Crippen LogP contribution in [0.2, 0.25) is 0 Å². The summed E-state index contributed by atoms with van der Waals surface area (Å²) in [5.41, 5.74) is 4.88. The number of hydrogen-bond donors (Lipinski definition) is 2. The fourth-order valence-corrected chi connectivity index (χ4v) is 1.73. The molecule has 0 bridgehead atoms. The second-order valence-electron chi connectivity index (χ2n) is 3.12. The Kier molecular flexibility index (Phi) is 3.01. The Morgan fingerprint density at radius 2 is 2.00 bits per heavy atom. The van der Waals surface area contributed by atoms with Gasteiger partial charge in [-0.05, 0) is 12.1 Å². The number of thiazole rings is 1. The number of amides is 1. The molecule has 0 fully saturated rings. The largest absolute Gasteiger partial charge is 0.375 e. The molecule has 0 radical (unpaired) electrons. The average molecular weight is 255 g/mol. The normalized spacial score (nSPS) is 10.2. The molecule has 1 amide bonds. The molecule has 0 saturated heterocycles. The molecule has 0 atom stereocenters. The van der Waals surface area contributed by atoms with Crippen LogP contribution in [0.15, 0.2) is 23.6 Å². The molecule has 2 rings (SSSR count). The maximum atomic E-state index is 13.2. The number of hydrogen-bond acceptors (Lipinski definition) is 4. The summed E-state index contributed by atoms with van der Waals surface area (Å²) >= 11 is 1.07. The summed E-state index contributed by atoms with van der Waals surface area (Å²) in [6, 6.07) is 3.31. The topological polar surface area (TPSA) is 68.0 Å². The lowest BCUT2D eigenvalue weighted by atomic mass is 10.3. The minimum Gasteiger partial charge on any atom is -0.375 e. The highest BCUT2D eigenvalue weighted by molar-refractivity contribution is 7.13. The first-order chi connectivity index (χ1) is 8.08. The minimum absolute atomic E-state index is 0.0233. The van der Waals surface area contributed by atoms with Crippen molar-refractivity contribution in [3.05, 3.63) is 40.9 Å². The number of para-hydroxylation sites is 1. The Hall–Kier alpha value is -2.02. The summed E-state index contributed by atoms with van der Waals surface area (Å²) in [6.45, 7) is 0. The van der Waals surface area contributed by atoms with Crippen LogP contribution in [0.25, 0.3) is 0 Å². The van der Waals surface area contributed by atoms with E-state index in [0.29, 0.717) is 0 Å². The standard InChI is InChI=1S/C10H7F2N3OS/c11-5-2-1-3-6(12)8(5)15-9(16)7-4-17-10(13)14-7/h1-4H,(H2,13,14)(H,15,16). The van der Waals surface area contributed by atoms with Crippen LogP contribution in [0, 0.1) is 11.6 Å². The van der Waals surface area contributed by atoms with E-state index in [1.807, 2.05) is 0 Å². The number of rotatable bonds is 2. The molecule has 3 N–H and O–H groups in total. The smallest absolute Gasteiger partial charge is 0.275 e. The molecule has 0 saturated carbocycles. The quantitative estimate of drug-likeness (QED) is 0.864. The Morgan fingerprint density at radius 1 is 1.35 bits per heavy atom. The van der Waals surface area contributed by atoms with E-state index in [0.717, 1.165) is 23.5 Å². The number of benzene rings is 1. The van der Waals surface area contributed by atoms with Crippen LogP contribution < -0.4 is 11.1 Å². The maximum Gasteiger partial charge on any atom is 0.275 e. The van der Waals surface area contributed by atoms with Crippen molar-refractivity contribution < 1.29 is 13.6 Å². The average Bonchev–Trinajstić information content (AvgIpc) is 2.70. The zero-order chi connectivity index (χ0) is 12.4. The highest BCUT2D eigenvalue weighted by Crippen LogP contribution is 2.19. The third-order valence-electron chi connectivity index (χ3n) is 1.96. The van der Waals surface area contributed by atoms with Gasteiger partial charge in [-0.1, -0.05) is 6.07 Å². The van der Waals surface area contributed by atoms with Crippen molar-refractivity contribution in [3.8, 4) is 0 Å². The number of nitrogens with zero attached hydrogens (tertiary/aromatic N) is 1. The summed E-state index contributed by atoms with van der Waals surface area (Å²) in [6.07, 6.45) is 0. The summed E-state index contributed by atoms with van der Waals surface area (Å²) in [7, 11) is 0. The fraction of sp³-hybridized carbons (Fsp3) is 0. The van der Waals surface area contributed by atoms with E-state index in [1.54, 1.807) is 0 Å². The van der Waals surface area contributed by atoms with Crippen LogP contribution >= 0.6 is 11.3 Å². The van der Waals surface area contributed by atoms with Gasteiger partial charge in [-0.2, -0.15) is 0 Å². The van der Waals surface area contributed by atoms with Crippen LogP contribution in [0.4, 0.5) is 19.6 Å². The zero-order valence-corrected chi connectivity index (χ0v) is 9.22. The molecule has 1 aromatic heterocycles. The zero-order valence-electron chi connectivity index (χ0n) is 8.41. The summed E-state index contributed by atoms with van der Waals surface area (Å²) in [5.74, 6) is -2.40. The summed E-state index contributed by atoms with van der Waals surface area (Å²) < 4.78 is 26.5. The predicted octanol–water partition coefficient (Wildman–Crippen LogP) is 2.26. The van der Waals surface area contributed by atoms with Crippen molar-refractivity contribution in [1.29, 1.82) is 0 Å². The van der Waals surface area contributed by atoms with Crippen molar-refractivity contribution in [2.75, 3.05) is 11.1 Å². The second kappa shape index (κ2) is 4.46. The molecule has 88 valence electrons. The number of halogens is 2. The van der Waals surface area contributed by atoms with Crippen LogP contribution in [0.3, 0.4) is 0 Å². The number of carbonyl (C=O) groups is 1. The third-order valence-corrected chi connectivity index (χ3v) is 2.63. The molecule has 0 spiro atoms. The maximum absolute atomic E-state index is 13.2. The Labute approximate surface area is 99.1 Å². The molecule has 0 aliphatic carbocycles. The van der Waals surface area contributed by atoms with Crippen molar-refractivity contribution in [2.24, 2.45) is 0 Å². The minimum atomic E-state index is -0.846. The monoisotopic (exact) mass is 255 g/mol. The molecule has 17 heavy (non-hydrogen) atoms. The summed E-state index contributed by atoms with van der Waals surface area (Å²) in [4.78, 5) is 15.3. The van der Waals surface area contributed by atoms with E-state index in [1.165, 1.54) is 11.4 Å². The van der Waals surface area contributed by atoms with Gasteiger partial charge in [0.15, 0.2) is 5.13 Å². The lowest BCUT2D eigenvalue weighted by Gasteiger charge is -2.05. The number of nitrogen functional groups attached to an aromatic ring is 1. The van der Waals surface area contributed by atoms with Crippen molar-refractivity contribution in [2.45, 2.75) is 0 Å². The van der Waals surface area contributed by atoms with Crippen LogP contribution in [-0.4, -0.2) is 10.9 Å². The molecule has 0 aliphatic heterocycles. The first kappa shape index (κ1) is 11.5. The molecule has 1 aromatic carbocycles. The molecule has 7 heteroatoms. The highest BCUT2D eigenvalue weighted by Gasteiger charge is 2.15. The lowest BCUT2D eigenvalue weighted by Crippen LogP contribution is -2.14. The van der Waals surface area contributed by atoms with E-state index in [-0.39, 0.29) is 10.8 Å². The van der Waals surface area contributed by atoms with Gasteiger partial charge < -0.3 is 11.1 Å². The summed E-state index contributed by atoms with van der Waals surface area (Å²) in [5, 5.41) is 3.73. The molecular weight excluding hydrogens is 248 g/mol. The Morgan fingerprint density at radius 3 is 2.53 bits per heavy atom. The van der Waals surface area contributed by atoms with Gasteiger partial charge in [-0.25, -0.2) is 13.8 Å². The predicted molar refractivity (Wildman–Crippen MR) is 60.8 cm³/mol. The van der Waals surface area contributed by atoms with Gasteiger partial charge in [0.25, 0.3) is 5.91 Å². The highest BCUT2D eigenvalue weighted by atomic mass is 32.1. The van der Waals surface area contributed by atoms with Gasteiger partial charge in [-0.3, -0.25) is 4.79 Å². The van der Waals surface area contributed by atoms with Gasteiger partial charge in [0.05, 0.1) is 0 Å². The molecule has 0 unspecified atom stereocenters. The van der Waals surface area contributed by atoms with E-state index in [9.17, 15) is 13.6 Å². The van der Waals surface area contributed by atoms with Gasteiger partial charge in [0.2, 0.25) is 0 Å². The fourth-order valence-electron chi connectivity index (χ4n) is 1.19. The molecule has 4 nitrogen and oxygen atoms in total. The van der Waals surface area contributed by atoms with E-state index < -0.39 is 23.2 Å². The lowest BCUT2D eigenvalue weighted by molar-refractivity contribution is 0.102. The van der Waals surface area contributed by atoms with Crippen molar-refractivity contribution in [1.82, 2.24) is 4.98 Å². The molecular formula is C10H7F2N3OS. The molecule has 1 heterocycles. The second-order valence-corrected chi connectivity index (χ2v) is 4.01. The number of aromatic nitrogens is 1.